The zero-order valence-electron chi connectivity index (χ0n) is 11.3. The summed E-state index contributed by atoms with van der Waals surface area (Å²) in [6.07, 6.45) is -0.140. The molecule has 108 valence electrons. The molecule has 0 radical (unpaired) electrons. The molecule has 0 saturated heterocycles. The van der Waals surface area contributed by atoms with Crippen LogP contribution in [0.4, 0.5) is 4.79 Å². The molecule has 0 aliphatic rings. The van der Waals surface area contributed by atoms with Crippen LogP contribution >= 0.6 is 0 Å². The lowest BCUT2D eigenvalue weighted by Crippen LogP contribution is -2.52. The standard InChI is InChI=1S/C10H23N3O4S/c1-5-10(11,6-2)7-12-18(15,16)13-9(14)17-8(3)4/h8,12H,5-7,11H2,1-4H3,(H,13,14). The van der Waals surface area contributed by atoms with E-state index < -0.39 is 21.8 Å². The van der Waals surface area contributed by atoms with Crippen LogP contribution in [-0.4, -0.2) is 32.7 Å². The second kappa shape index (κ2) is 6.91. The van der Waals surface area contributed by atoms with Crippen molar-refractivity contribution in [3.05, 3.63) is 0 Å². The molecule has 0 aromatic carbocycles. The van der Waals surface area contributed by atoms with Crippen LogP contribution < -0.4 is 15.2 Å². The molecule has 0 rings (SSSR count). The van der Waals surface area contributed by atoms with Crippen molar-refractivity contribution in [1.82, 2.24) is 9.44 Å². The minimum Gasteiger partial charge on any atom is -0.446 e. The Morgan fingerprint density at radius 2 is 1.83 bits per heavy atom. The summed E-state index contributed by atoms with van der Waals surface area (Å²) in [6, 6.07) is 0. The van der Waals surface area contributed by atoms with Gasteiger partial charge in [-0.2, -0.15) is 13.1 Å². The van der Waals surface area contributed by atoms with Crippen molar-refractivity contribution in [1.29, 1.82) is 0 Å². The van der Waals surface area contributed by atoms with Gasteiger partial charge in [-0.1, -0.05) is 13.8 Å². The number of carbonyl (C=O) groups excluding carboxylic acids is 1. The summed E-state index contributed by atoms with van der Waals surface area (Å²) in [7, 11) is -3.93. The average molecular weight is 281 g/mol. The normalized spacial score (nSPS) is 12.6. The lowest BCUT2D eigenvalue weighted by atomic mass is 9.95. The summed E-state index contributed by atoms with van der Waals surface area (Å²) < 4.78 is 31.7. The molecule has 0 atom stereocenters. The highest BCUT2D eigenvalue weighted by atomic mass is 32.2. The third-order valence-electron chi connectivity index (χ3n) is 2.58. The summed E-state index contributed by atoms with van der Waals surface area (Å²) in [5, 5.41) is 0. The second-order valence-corrected chi connectivity index (χ2v) is 5.95. The second-order valence-electron chi connectivity index (χ2n) is 4.45. The topological polar surface area (TPSA) is 111 Å². The Bertz CT molecular complexity index is 363. The van der Waals surface area contributed by atoms with Gasteiger partial charge < -0.3 is 10.5 Å². The molecule has 0 aromatic heterocycles. The number of rotatable bonds is 7. The zero-order valence-corrected chi connectivity index (χ0v) is 12.1. The van der Waals surface area contributed by atoms with Crippen LogP contribution in [0.5, 0.6) is 0 Å². The van der Waals surface area contributed by atoms with Crippen LogP contribution in [0.25, 0.3) is 0 Å². The Labute approximate surface area is 109 Å². The molecule has 0 aromatic rings. The van der Waals surface area contributed by atoms with E-state index in [2.05, 4.69) is 9.46 Å². The van der Waals surface area contributed by atoms with E-state index in [1.165, 1.54) is 0 Å². The van der Waals surface area contributed by atoms with Crippen molar-refractivity contribution in [3.63, 3.8) is 0 Å². The molecular weight excluding hydrogens is 258 g/mol. The van der Waals surface area contributed by atoms with Gasteiger partial charge in [0.15, 0.2) is 0 Å². The predicted octanol–water partition coefficient (Wildman–Crippen LogP) is 0.473. The maximum Gasteiger partial charge on any atom is 0.422 e. The summed E-state index contributed by atoms with van der Waals surface area (Å²) in [6.45, 7) is 7.05. The summed E-state index contributed by atoms with van der Waals surface area (Å²) in [5.41, 5.74) is 5.33. The Morgan fingerprint density at radius 1 is 1.33 bits per heavy atom. The molecule has 0 aliphatic carbocycles. The van der Waals surface area contributed by atoms with E-state index in [1.54, 1.807) is 18.6 Å². The number of carbonyl (C=O) groups is 1. The number of nitrogens with one attached hydrogen (secondary N) is 2. The van der Waals surface area contributed by atoms with Gasteiger partial charge >= 0.3 is 16.3 Å². The first-order valence-corrected chi connectivity index (χ1v) is 7.39. The van der Waals surface area contributed by atoms with Gasteiger partial charge in [0.25, 0.3) is 0 Å². The van der Waals surface area contributed by atoms with Crippen LogP contribution in [0.1, 0.15) is 40.5 Å². The van der Waals surface area contributed by atoms with Crippen molar-refractivity contribution >= 4 is 16.3 Å². The van der Waals surface area contributed by atoms with E-state index in [1.807, 2.05) is 13.8 Å². The maximum atomic E-state index is 11.5. The van der Waals surface area contributed by atoms with Gasteiger partial charge in [0.05, 0.1) is 6.10 Å². The van der Waals surface area contributed by atoms with E-state index in [4.69, 9.17) is 5.73 Å². The Morgan fingerprint density at radius 3 is 2.22 bits per heavy atom. The van der Waals surface area contributed by atoms with Crippen LogP contribution in [-0.2, 0) is 14.9 Å². The monoisotopic (exact) mass is 281 g/mol. The van der Waals surface area contributed by atoms with E-state index in [9.17, 15) is 13.2 Å². The van der Waals surface area contributed by atoms with Crippen molar-refractivity contribution in [2.45, 2.75) is 52.2 Å². The fourth-order valence-electron chi connectivity index (χ4n) is 1.12. The summed E-state index contributed by atoms with van der Waals surface area (Å²) in [5.74, 6) is 0. The highest BCUT2D eigenvalue weighted by Crippen LogP contribution is 2.09. The van der Waals surface area contributed by atoms with E-state index >= 15 is 0 Å². The van der Waals surface area contributed by atoms with Crippen LogP contribution in [0, 0.1) is 0 Å². The van der Waals surface area contributed by atoms with Crippen molar-refractivity contribution in [2.75, 3.05) is 6.54 Å². The quantitative estimate of drug-likeness (QED) is 0.628. The molecule has 18 heavy (non-hydrogen) atoms. The van der Waals surface area contributed by atoms with Crippen molar-refractivity contribution in [2.24, 2.45) is 5.73 Å². The molecule has 0 aliphatic heterocycles. The van der Waals surface area contributed by atoms with Crippen LogP contribution in [0.3, 0.4) is 0 Å². The van der Waals surface area contributed by atoms with Crippen molar-refractivity contribution in [3.8, 4) is 0 Å². The lowest BCUT2D eigenvalue weighted by Gasteiger charge is -2.26. The number of hydrogen-bond donors (Lipinski definition) is 3. The summed E-state index contributed by atoms with van der Waals surface area (Å²) in [4.78, 5) is 11.1. The van der Waals surface area contributed by atoms with E-state index in [0.29, 0.717) is 12.8 Å². The largest absolute Gasteiger partial charge is 0.446 e. The first-order chi connectivity index (χ1) is 8.14. The summed E-state index contributed by atoms with van der Waals surface area (Å²) >= 11 is 0. The highest BCUT2D eigenvalue weighted by molar-refractivity contribution is 7.88. The fourth-order valence-corrected chi connectivity index (χ4v) is 1.94. The Balaban J connectivity index is 4.37. The molecule has 4 N–H and O–H groups in total. The minimum absolute atomic E-state index is 0.0598. The number of amides is 1. The molecule has 1 amide bonds. The van der Waals surface area contributed by atoms with Gasteiger partial charge in [0.1, 0.15) is 0 Å². The van der Waals surface area contributed by atoms with Gasteiger partial charge in [-0.3, -0.25) is 0 Å². The first-order valence-electron chi connectivity index (χ1n) is 5.91. The number of nitrogens with two attached hydrogens (primary N) is 1. The smallest absolute Gasteiger partial charge is 0.422 e. The third-order valence-corrected chi connectivity index (χ3v) is 3.54. The Kier molecular flexibility index (Phi) is 6.58. The van der Waals surface area contributed by atoms with E-state index in [-0.39, 0.29) is 12.6 Å². The van der Waals surface area contributed by atoms with Gasteiger partial charge in [-0.25, -0.2) is 9.52 Å². The lowest BCUT2D eigenvalue weighted by molar-refractivity contribution is 0.121. The van der Waals surface area contributed by atoms with Gasteiger partial charge in [-0.05, 0) is 26.7 Å². The predicted molar refractivity (Wildman–Crippen MR) is 69.2 cm³/mol. The minimum atomic E-state index is -3.93. The maximum absolute atomic E-state index is 11.5. The molecule has 0 unspecified atom stereocenters. The van der Waals surface area contributed by atoms with Crippen molar-refractivity contribution < 1.29 is 17.9 Å². The molecule has 0 heterocycles. The third kappa shape index (κ3) is 6.77. The molecule has 0 bridgehead atoms. The highest BCUT2D eigenvalue weighted by Gasteiger charge is 2.24. The molecule has 0 fully saturated rings. The molecular formula is C10H23N3O4S. The van der Waals surface area contributed by atoms with Crippen LogP contribution in [0.2, 0.25) is 0 Å². The van der Waals surface area contributed by atoms with Gasteiger partial charge in [-0.15, -0.1) is 0 Å². The van der Waals surface area contributed by atoms with E-state index in [0.717, 1.165) is 0 Å². The SMILES string of the molecule is CCC(N)(CC)CNS(=O)(=O)NC(=O)OC(C)C. The molecule has 8 heteroatoms. The molecule has 0 saturated carbocycles. The molecule has 0 spiro atoms. The number of ether oxygens (including phenoxy) is 1. The first kappa shape index (κ1) is 17.1. The van der Waals surface area contributed by atoms with Gasteiger partial charge in [0.2, 0.25) is 0 Å². The zero-order chi connectivity index (χ0) is 14.4. The average Bonchev–Trinajstić information content (AvgIpc) is 2.24. The molecule has 7 nitrogen and oxygen atoms in total. The van der Waals surface area contributed by atoms with Crippen LogP contribution in [0.15, 0.2) is 0 Å². The fraction of sp³-hybridized carbons (Fsp3) is 0.900. The Hall–Kier alpha value is -0.860. The van der Waals surface area contributed by atoms with Gasteiger partial charge in [0, 0.05) is 12.1 Å². The number of hydrogen-bond acceptors (Lipinski definition) is 5.